The van der Waals surface area contributed by atoms with Gasteiger partial charge in [0.1, 0.15) is 11.5 Å². The number of benzene rings is 2. The Morgan fingerprint density at radius 2 is 1.74 bits per heavy atom. The Morgan fingerprint density at radius 1 is 1.04 bits per heavy atom. The zero-order chi connectivity index (χ0) is 19.1. The highest BCUT2D eigenvalue weighted by molar-refractivity contribution is 7.80. The lowest BCUT2D eigenvalue weighted by atomic mass is 10.1. The smallest absolute Gasteiger partial charge is 0.170 e. The molecular weight excluding hydrogens is 358 g/mol. The lowest BCUT2D eigenvalue weighted by Crippen LogP contribution is -2.38. The van der Waals surface area contributed by atoms with Crippen molar-refractivity contribution in [2.24, 2.45) is 0 Å². The van der Waals surface area contributed by atoms with Gasteiger partial charge in [0.15, 0.2) is 5.11 Å². The Labute approximate surface area is 166 Å². The van der Waals surface area contributed by atoms with Crippen molar-refractivity contribution in [1.29, 1.82) is 0 Å². The Kier molecular flexibility index (Phi) is 6.90. The number of methoxy groups -OCH3 is 2. The average molecular weight is 386 g/mol. The summed E-state index contributed by atoms with van der Waals surface area (Å²) in [5.41, 5.74) is 2.18. The average Bonchev–Trinajstić information content (AvgIpc) is 3.23. The maximum absolute atomic E-state index is 5.50. The maximum Gasteiger partial charge on any atom is 0.170 e. The Hall–Kier alpha value is -2.31. The van der Waals surface area contributed by atoms with E-state index in [-0.39, 0.29) is 6.04 Å². The van der Waals surface area contributed by atoms with Gasteiger partial charge < -0.3 is 20.1 Å². The number of hydrogen-bond acceptors (Lipinski definition) is 4. The van der Waals surface area contributed by atoms with Gasteiger partial charge in [-0.2, -0.15) is 0 Å². The monoisotopic (exact) mass is 385 g/mol. The standard InChI is InChI=1S/C21H27N3O2S/c1-25-18-10-8-16(9-11-18)20(24-12-3-4-13-24)15-22-21(27)23-17-6-5-7-19(14-17)26-2/h5-11,14,20H,3-4,12-13,15H2,1-2H3,(H2,22,23,27)/t20-/m0/s1. The summed E-state index contributed by atoms with van der Waals surface area (Å²) in [5.74, 6) is 1.68. The fraction of sp³-hybridized carbons (Fsp3) is 0.381. The summed E-state index contributed by atoms with van der Waals surface area (Å²) in [4.78, 5) is 2.52. The van der Waals surface area contributed by atoms with Crippen molar-refractivity contribution in [3.63, 3.8) is 0 Å². The van der Waals surface area contributed by atoms with E-state index in [0.717, 1.165) is 36.8 Å². The van der Waals surface area contributed by atoms with Gasteiger partial charge in [0, 0.05) is 18.3 Å². The summed E-state index contributed by atoms with van der Waals surface area (Å²) in [7, 11) is 3.35. The summed E-state index contributed by atoms with van der Waals surface area (Å²) in [6.07, 6.45) is 2.50. The fourth-order valence-corrected chi connectivity index (χ4v) is 3.60. The summed E-state index contributed by atoms with van der Waals surface area (Å²) < 4.78 is 10.5. The number of thiocarbonyl (C=S) groups is 1. The molecule has 0 radical (unpaired) electrons. The number of rotatable bonds is 7. The van der Waals surface area contributed by atoms with E-state index < -0.39 is 0 Å². The molecule has 1 heterocycles. The first kappa shape index (κ1) is 19.5. The van der Waals surface area contributed by atoms with Crippen LogP contribution in [-0.4, -0.2) is 43.9 Å². The van der Waals surface area contributed by atoms with Gasteiger partial charge in [-0.15, -0.1) is 0 Å². The third-order valence-electron chi connectivity index (χ3n) is 4.87. The van der Waals surface area contributed by atoms with E-state index in [0.29, 0.717) is 5.11 Å². The normalized spacial score (nSPS) is 15.2. The van der Waals surface area contributed by atoms with Crippen LogP contribution in [0.25, 0.3) is 0 Å². The number of anilines is 1. The highest BCUT2D eigenvalue weighted by Crippen LogP contribution is 2.26. The molecule has 2 aromatic carbocycles. The predicted octanol–water partition coefficient (Wildman–Crippen LogP) is 3.83. The van der Waals surface area contributed by atoms with E-state index >= 15 is 0 Å². The third kappa shape index (κ3) is 5.34. The van der Waals surface area contributed by atoms with E-state index in [2.05, 4.69) is 27.7 Å². The van der Waals surface area contributed by atoms with Crippen LogP contribution in [0.3, 0.4) is 0 Å². The molecule has 0 spiro atoms. The second kappa shape index (κ2) is 9.58. The molecular formula is C21H27N3O2S. The molecule has 3 rings (SSSR count). The highest BCUT2D eigenvalue weighted by atomic mass is 32.1. The first-order valence-corrected chi connectivity index (χ1v) is 9.67. The van der Waals surface area contributed by atoms with Crippen LogP contribution in [0.4, 0.5) is 5.69 Å². The van der Waals surface area contributed by atoms with Crippen LogP contribution in [0, 0.1) is 0 Å². The summed E-state index contributed by atoms with van der Waals surface area (Å²) in [5, 5.41) is 7.23. The van der Waals surface area contributed by atoms with Crippen molar-refractivity contribution >= 4 is 23.0 Å². The van der Waals surface area contributed by atoms with E-state index in [9.17, 15) is 0 Å². The first-order valence-electron chi connectivity index (χ1n) is 9.26. The van der Waals surface area contributed by atoms with Gasteiger partial charge in [0.05, 0.1) is 20.3 Å². The second-order valence-electron chi connectivity index (χ2n) is 6.60. The van der Waals surface area contributed by atoms with Crippen LogP contribution >= 0.6 is 12.2 Å². The molecule has 27 heavy (non-hydrogen) atoms. The third-order valence-corrected chi connectivity index (χ3v) is 5.11. The molecule has 1 atom stereocenters. The molecule has 2 aromatic rings. The Balaban J connectivity index is 1.63. The molecule has 0 amide bonds. The van der Waals surface area contributed by atoms with E-state index in [1.54, 1.807) is 14.2 Å². The van der Waals surface area contributed by atoms with Crippen LogP contribution in [0.5, 0.6) is 11.5 Å². The largest absolute Gasteiger partial charge is 0.497 e. The number of nitrogens with zero attached hydrogens (tertiary/aromatic N) is 1. The zero-order valence-corrected chi connectivity index (χ0v) is 16.7. The minimum Gasteiger partial charge on any atom is -0.497 e. The number of likely N-dealkylation sites (tertiary alicyclic amines) is 1. The van der Waals surface area contributed by atoms with E-state index in [4.69, 9.17) is 21.7 Å². The van der Waals surface area contributed by atoms with Crippen molar-refractivity contribution < 1.29 is 9.47 Å². The lowest BCUT2D eigenvalue weighted by molar-refractivity contribution is 0.246. The van der Waals surface area contributed by atoms with E-state index in [1.165, 1.54) is 18.4 Å². The minimum atomic E-state index is 0.281. The molecule has 6 heteroatoms. The highest BCUT2D eigenvalue weighted by Gasteiger charge is 2.23. The zero-order valence-electron chi connectivity index (χ0n) is 15.9. The molecule has 0 saturated carbocycles. The number of nitrogens with one attached hydrogen (secondary N) is 2. The van der Waals surface area contributed by atoms with Gasteiger partial charge in [-0.3, -0.25) is 4.90 Å². The summed E-state index contributed by atoms with van der Waals surface area (Å²) >= 11 is 5.50. The Bertz CT molecular complexity index is 745. The van der Waals surface area contributed by atoms with Gasteiger partial charge in [-0.1, -0.05) is 18.2 Å². The van der Waals surface area contributed by atoms with E-state index in [1.807, 2.05) is 36.4 Å². The molecule has 0 aromatic heterocycles. The second-order valence-corrected chi connectivity index (χ2v) is 7.01. The lowest BCUT2D eigenvalue weighted by Gasteiger charge is -2.29. The predicted molar refractivity (Wildman–Crippen MR) is 114 cm³/mol. The Morgan fingerprint density at radius 3 is 2.41 bits per heavy atom. The van der Waals surface area contributed by atoms with Crippen molar-refractivity contribution in [2.75, 3.05) is 39.2 Å². The quantitative estimate of drug-likeness (QED) is 0.707. The minimum absolute atomic E-state index is 0.281. The van der Waals surface area contributed by atoms with Crippen molar-refractivity contribution in [3.8, 4) is 11.5 Å². The topological polar surface area (TPSA) is 45.8 Å². The summed E-state index contributed by atoms with van der Waals surface area (Å²) in [6, 6.07) is 16.3. The maximum atomic E-state index is 5.50. The van der Waals surface area contributed by atoms with Gasteiger partial charge in [0.2, 0.25) is 0 Å². The van der Waals surface area contributed by atoms with Gasteiger partial charge in [-0.05, 0) is 68.0 Å². The van der Waals surface area contributed by atoms with Crippen LogP contribution in [0.1, 0.15) is 24.4 Å². The molecule has 1 saturated heterocycles. The van der Waals surface area contributed by atoms with Crippen LogP contribution in [0.15, 0.2) is 48.5 Å². The van der Waals surface area contributed by atoms with Gasteiger partial charge >= 0.3 is 0 Å². The molecule has 0 aliphatic carbocycles. The summed E-state index contributed by atoms with van der Waals surface area (Å²) in [6.45, 7) is 2.99. The van der Waals surface area contributed by atoms with Crippen LogP contribution < -0.4 is 20.1 Å². The molecule has 1 aliphatic rings. The molecule has 144 valence electrons. The van der Waals surface area contributed by atoms with Crippen LogP contribution in [-0.2, 0) is 0 Å². The fourth-order valence-electron chi connectivity index (χ4n) is 3.40. The molecule has 2 N–H and O–H groups in total. The van der Waals surface area contributed by atoms with Crippen molar-refractivity contribution in [1.82, 2.24) is 10.2 Å². The number of ether oxygens (including phenoxy) is 2. The number of hydrogen-bond donors (Lipinski definition) is 2. The molecule has 0 bridgehead atoms. The van der Waals surface area contributed by atoms with Gasteiger partial charge in [0.25, 0.3) is 0 Å². The molecule has 1 fully saturated rings. The molecule has 5 nitrogen and oxygen atoms in total. The van der Waals surface area contributed by atoms with Crippen molar-refractivity contribution in [3.05, 3.63) is 54.1 Å². The molecule has 1 aliphatic heterocycles. The first-order chi connectivity index (χ1) is 13.2. The SMILES string of the molecule is COc1ccc([C@H](CNC(=S)Nc2cccc(OC)c2)N2CCCC2)cc1. The van der Waals surface area contributed by atoms with Gasteiger partial charge in [-0.25, -0.2) is 0 Å². The molecule has 0 unspecified atom stereocenters. The van der Waals surface area contributed by atoms with Crippen molar-refractivity contribution in [2.45, 2.75) is 18.9 Å². The van der Waals surface area contributed by atoms with Crippen LogP contribution in [0.2, 0.25) is 0 Å².